The third-order valence-electron chi connectivity index (χ3n) is 12.7. The summed E-state index contributed by atoms with van der Waals surface area (Å²) in [6, 6.07) is 82.4. The van der Waals surface area contributed by atoms with E-state index in [9.17, 15) is 0 Å². The molecule has 1 aliphatic rings. The van der Waals surface area contributed by atoms with Crippen molar-refractivity contribution >= 4 is 38.6 Å². The van der Waals surface area contributed by atoms with Crippen LogP contribution in [0.15, 0.2) is 224 Å². The number of nitrogens with zero attached hydrogens (tertiary/aromatic N) is 1. The lowest BCUT2D eigenvalue weighted by Gasteiger charge is -2.29. The molecule has 0 unspecified atom stereocenters. The number of hydrogen-bond acceptors (Lipinski definition) is 1. The van der Waals surface area contributed by atoms with Gasteiger partial charge in [0.1, 0.15) is 0 Å². The average Bonchev–Trinajstić information content (AvgIpc) is 3.54. The minimum absolute atomic E-state index is 0.0530. The minimum atomic E-state index is -0.0530. The SMILES string of the molecule is CC1(C)c2ccccc2-c2ccc(-c3ccc(N(c4ccc(-c5cccc6ccccc56)cc4)c4ccccc4-c4cccc5cccc(-c6ccccc6)c45)cc3)cc21. The predicted molar refractivity (Wildman–Crippen MR) is 255 cm³/mol. The first-order valence-electron chi connectivity index (χ1n) is 20.9. The minimum Gasteiger partial charge on any atom is -0.310 e. The van der Waals surface area contributed by atoms with Gasteiger partial charge in [0.2, 0.25) is 0 Å². The summed E-state index contributed by atoms with van der Waals surface area (Å²) in [6.07, 6.45) is 0. The van der Waals surface area contributed by atoms with Crippen LogP contribution in [0.4, 0.5) is 17.1 Å². The monoisotopic (exact) mass is 765 g/mol. The van der Waals surface area contributed by atoms with Crippen LogP contribution >= 0.6 is 0 Å². The van der Waals surface area contributed by atoms with E-state index in [0.29, 0.717) is 0 Å². The van der Waals surface area contributed by atoms with E-state index in [4.69, 9.17) is 0 Å². The highest BCUT2D eigenvalue weighted by Crippen LogP contribution is 2.50. The molecule has 1 heteroatoms. The first-order valence-corrected chi connectivity index (χ1v) is 20.9. The molecule has 0 aromatic heterocycles. The van der Waals surface area contributed by atoms with Crippen LogP contribution in [-0.4, -0.2) is 0 Å². The van der Waals surface area contributed by atoms with E-state index >= 15 is 0 Å². The lowest BCUT2D eigenvalue weighted by atomic mass is 9.81. The van der Waals surface area contributed by atoms with E-state index in [2.05, 4.69) is 243 Å². The van der Waals surface area contributed by atoms with Crippen LogP contribution in [-0.2, 0) is 5.41 Å². The van der Waals surface area contributed by atoms with Crippen molar-refractivity contribution in [2.24, 2.45) is 0 Å². The van der Waals surface area contributed by atoms with Crippen molar-refractivity contribution in [3.05, 3.63) is 236 Å². The van der Waals surface area contributed by atoms with Gasteiger partial charge in [0.25, 0.3) is 0 Å². The predicted octanol–water partition coefficient (Wildman–Crippen LogP) is 16.4. The molecule has 1 aliphatic carbocycles. The number of fused-ring (bicyclic) bond motifs is 5. The van der Waals surface area contributed by atoms with Crippen molar-refractivity contribution in [1.29, 1.82) is 0 Å². The van der Waals surface area contributed by atoms with Crippen molar-refractivity contribution < 1.29 is 0 Å². The Hall–Kier alpha value is -7.48. The molecule has 60 heavy (non-hydrogen) atoms. The largest absolute Gasteiger partial charge is 0.310 e. The van der Waals surface area contributed by atoms with Gasteiger partial charge >= 0.3 is 0 Å². The van der Waals surface area contributed by atoms with Crippen LogP contribution in [0, 0.1) is 0 Å². The van der Waals surface area contributed by atoms with E-state index in [0.717, 1.165) is 17.1 Å². The molecule has 0 bridgehead atoms. The highest BCUT2D eigenvalue weighted by molar-refractivity contribution is 6.09. The Bertz CT molecular complexity index is 3200. The number of rotatable bonds is 7. The summed E-state index contributed by atoms with van der Waals surface area (Å²) < 4.78 is 0. The summed E-state index contributed by atoms with van der Waals surface area (Å²) >= 11 is 0. The molecular weight excluding hydrogens is 723 g/mol. The van der Waals surface area contributed by atoms with Gasteiger partial charge in [-0.2, -0.15) is 0 Å². The third-order valence-corrected chi connectivity index (χ3v) is 12.7. The summed E-state index contributed by atoms with van der Waals surface area (Å²) in [5, 5.41) is 4.98. The van der Waals surface area contributed by atoms with Gasteiger partial charge in [0.15, 0.2) is 0 Å². The second kappa shape index (κ2) is 14.4. The maximum absolute atomic E-state index is 2.43. The Labute approximate surface area is 352 Å². The van der Waals surface area contributed by atoms with Gasteiger partial charge in [-0.1, -0.05) is 202 Å². The maximum atomic E-state index is 2.43. The lowest BCUT2D eigenvalue weighted by Crippen LogP contribution is -2.14. The number of hydrogen-bond donors (Lipinski definition) is 0. The van der Waals surface area contributed by atoms with E-state index in [1.165, 1.54) is 88.3 Å². The second-order valence-electron chi connectivity index (χ2n) is 16.5. The normalized spacial score (nSPS) is 12.6. The Morgan fingerprint density at radius 2 is 0.833 bits per heavy atom. The van der Waals surface area contributed by atoms with Crippen molar-refractivity contribution in [3.8, 4) is 55.6 Å². The molecule has 0 atom stereocenters. The Kier molecular flexibility index (Phi) is 8.57. The lowest BCUT2D eigenvalue weighted by molar-refractivity contribution is 0.660. The van der Waals surface area contributed by atoms with Gasteiger partial charge < -0.3 is 4.90 Å². The topological polar surface area (TPSA) is 3.24 Å². The van der Waals surface area contributed by atoms with Gasteiger partial charge in [0, 0.05) is 22.4 Å². The molecule has 0 fully saturated rings. The van der Waals surface area contributed by atoms with Crippen LogP contribution < -0.4 is 4.90 Å². The molecule has 0 spiro atoms. The fraction of sp³-hybridized carbons (Fsp3) is 0.0508. The molecule has 284 valence electrons. The zero-order chi connectivity index (χ0) is 40.2. The van der Waals surface area contributed by atoms with Crippen molar-refractivity contribution in [3.63, 3.8) is 0 Å². The van der Waals surface area contributed by atoms with Gasteiger partial charge in [-0.15, -0.1) is 0 Å². The van der Waals surface area contributed by atoms with Gasteiger partial charge in [-0.25, -0.2) is 0 Å². The quantitative estimate of drug-likeness (QED) is 0.156. The van der Waals surface area contributed by atoms with E-state index in [1.807, 2.05) is 0 Å². The molecule has 0 saturated heterocycles. The summed E-state index contributed by atoms with van der Waals surface area (Å²) in [6.45, 7) is 4.70. The molecule has 0 aliphatic heterocycles. The molecule has 10 aromatic carbocycles. The van der Waals surface area contributed by atoms with Crippen LogP contribution in [0.5, 0.6) is 0 Å². The molecule has 11 rings (SSSR count). The molecule has 1 nitrogen and oxygen atoms in total. The molecule has 0 N–H and O–H groups in total. The van der Waals surface area contributed by atoms with Crippen molar-refractivity contribution in [1.82, 2.24) is 0 Å². The fourth-order valence-corrected chi connectivity index (χ4v) is 9.70. The van der Waals surface area contributed by atoms with E-state index in [-0.39, 0.29) is 5.41 Å². The summed E-state index contributed by atoms with van der Waals surface area (Å²) in [4.78, 5) is 2.43. The Balaban J connectivity index is 1.06. The molecule has 0 saturated carbocycles. The summed E-state index contributed by atoms with van der Waals surface area (Å²) in [5.74, 6) is 0. The smallest absolute Gasteiger partial charge is 0.0540 e. The molecule has 0 heterocycles. The standard InChI is InChI=1S/C59H43N/c1-59(2)55-27-10-8-22-51(55)52-38-33-45(39-56(52)59)40-29-34-46(35-30-40)60(47-36-31-43(32-37-47)49-24-12-18-41-17-6-7-21-48(41)49)57-28-11-9-23-53(57)54-26-14-20-44-19-13-25-50(58(44)54)42-15-4-3-5-16-42/h3-39H,1-2H3. The fourth-order valence-electron chi connectivity index (χ4n) is 9.70. The van der Waals surface area contributed by atoms with E-state index in [1.54, 1.807) is 0 Å². The van der Waals surface area contributed by atoms with E-state index < -0.39 is 0 Å². The molecular formula is C59H43N. The van der Waals surface area contributed by atoms with Crippen molar-refractivity contribution in [2.75, 3.05) is 4.90 Å². The Morgan fingerprint density at radius 1 is 0.317 bits per heavy atom. The number of benzene rings is 10. The first-order chi connectivity index (χ1) is 29.5. The third kappa shape index (κ3) is 5.93. The zero-order valence-electron chi connectivity index (χ0n) is 33.8. The maximum Gasteiger partial charge on any atom is 0.0540 e. The highest BCUT2D eigenvalue weighted by Gasteiger charge is 2.35. The number of para-hydroxylation sites is 1. The van der Waals surface area contributed by atoms with Gasteiger partial charge in [-0.05, 0) is 119 Å². The summed E-state index contributed by atoms with van der Waals surface area (Å²) in [5.41, 5.74) is 18.4. The van der Waals surface area contributed by atoms with Crippen molar-refractivity contribution in [2.45, 2.75) is 19.3 Å². The zero-order valence-corrected chi connectivity index (χ0v) is 33.8. The summed E-state index contributed by atoms with van der Waals surface area (Å²) in [7, 11) is 0. The van der Waals surface area contributed by atoms with Crippen LogP contribution in [0.1, 0.15) is 25.0 Å². The van der Waals surface area contributed by atoms with Crippen LogP contribution in [0.3, 0.4) is 0 Å². The molecule has 10 aromatic rings. The number of anilines is 3. The Morgan fingerprint density at radius 3 is 1.60 bits per heavy atom. The molecule has 0 amide bonds. The highest BCUT2D eigenvalue weighted by atomic mass is 15.1. The average molecular weight is 766 g/mol. The van der Waals surface area contributed by atoms with Gasteiger partial charge in [-0.3, -0.25) is 0 Å². The van der Waals surface area contributed by atoms with Crippen LogP contribution in [0.2, 0.25) is 0 Å². The second-order valence-corrected chi connectivity index (χ2v) is 16.5. The molecule has 0 radical (unpaired) electrons. The van der Waals surface area contributed by atoms with Crippen LogP contribution in [0.25, 0.3) is 77.2 Å². The first kappa shape index (κ1) is 35.7. The van der Waals surface area contributed by atoms with Gasteiger partial charge in [0.05, 0.1) is 5.69 Å².